The molecule has 0 unspecified atom stereocenters. The summed E-state index contributed by atoms with van der Waals surface area (Å²) >= 11 is 14.3. The van der Waals surface area contributed by atoms with Crippen LogP contribution in [-0.2, 0) is 5.88 Å². The van der Waals surface area contributed by atoms with Gasteiger partial charge < -0.3 is 0 Å². The van der Waals surface area contributed by atoms with Crippen molar-refractivity contribution in [1.82, 2.24) is 0 Å². The van der Waals surface area contributed by atoms with E-state index in [0.717, 1.165) is 10.5 Å². The first kappa shape index (κ1) is 10.1. The molecule has 0 aliphatic carbocycles. The summed E-state index contributed by atoms with van der Waals surface area (Å²) in [4.78, 5) is 1.03. The zero-order chi connectivity index (χ0) is 9.42. The molecular weight excluding hydrogens is 335 g/mol. The lowest BCUT2D eigenvalue weighted by molar-refractivity contribution is 1.38. The molecule has 68 valence electrons. The number of alkyl halides is 1. The van der Waals surface area contributed by atoms with E-state index < -0.39 is 0 Å². The number of fused-ring (bicyclic) bond motifs is 1. The predicted molar refractivity (Wildman–Crippen MR) is 71.4 cm³/mol. The van der Waals surface area contributed by atoms with Gasteiger partial charge in [0, 0.05) is 29.8 Å². The first-order valence-corrected chi connectivity index (χ1v) is 6.61. The van der Waals surface area contributed by atoms with E-state index >= 15 is 0 Å². The zero-order valence-electron chi connectivity index (χ0n) is 6.55. The van der Waals surface area contributed by atoms with E-state index in [-0.39, 0.29) is 0 Å². The van der Waals surface area contributed by atoms with Crippen LogP contribution in [0.2, 0.25) is 0 Å². The Morgan fingerprint density at radius 1 is 1.46 bits per heavy atom. The van der Waals surface area contributed by atoms with Crippen LogP contribution in [0.4, 0.5) is 0 Å². The number of thiophene rings is 1. The summed E-state index contributed by atoms with van der Waals surface area (Å²) in [6.45, 7) is 0. The molecule has 0 aliphatic heterocycles. The van der Waals surface area contributed by atoms with E-state index in [1.165, 1.54) is 13.7 Å². The smallest absolute Gasteiger partial charge is 0.0487 e. The molecule has 0 amide bonds. The summed E-state index contributed by atoms with van der Waals surface area (Å²) in [5, 5.41) is 3.41. The lowest BCUT2D eigenvalue weighted by Crippen LogP contribution is -1.79. The molecular formula is C9H6ClIS2. The molecule has 0 bridgehead atoms. The van der Waals surface area contributed by atoms with Gasteiger partial charge in [-0.1, -0.05) is 0 Å². The highest BCUT2D eigenvalue weighted by molar-refractivity contribution is 14.1. The van der Waals surface area contributed by atoms with Gasteiger partial charge in [-0.2, -0.15) is 0 Å². The van der Waals surface area contributed by atoms with E-state index in [4.69, 9.17) is 11.6 Å². The molecule has 1 heterocycles. The molecule has 0 N–H and O–H groups in total. The van der Waals surface area contributed by atoms with E-state index in [1.807, 2.05) is 6.07 Å². The molecule has 0 radical (unpaired) electrons. The third-order valence-corrected chi connectivity index (χ3v) is 4.98. The van der Waals surface area contributed by atoms with Crippen LogP contribution in [0.15, 0.2) is 22.4 Å². The van der Waals surface area contributed by atoms with Gasteiger partial charge in [0.05, 0.1) is 0 Å². The van der Waals surface area contributed by atoms with Crippen molar-refractivity contribution < 1.29 is 0 Å². The molecule has 2 aromatic rings. The van der Waals surface area contributed by atoms with Crippen LogP contribution in [0, 0.1) is 3.57 Å². The fourth-order valence-corrected chi connectivity index (χ4v) is 3.64. The molecule has 1 aromatic heterocycles. The minimum absolute atomic E-state index is 0.551. The van der Waals surface area contributed by atoms with Gasteiger partial charge in [0.1, 0.15) is 0 Å². The molecule has 0 atom stereocenters. The Labute approximate surface area is 105 Å². The number of rotatable bonds is 1. The van der Waals surface area contributed by atoms with Crippen molar-refractivity contribution in [2.45, 2.75) is 10.8 Å². The fourth-order valence-electron chi connectivity index (χ4n) is 1.22. The monoisotopic (exact) mass is 340 g/mol. The highest BCUT2D eigenvalue weighted by Crippen LogP contribution is 2.33. The number of hydrogen-bond acceptors (Lipinski definition) is 2. The van der Waals surface area contributed by atoms with Gasteiger partial charge in [0.2, 0.25) is 0 Å². The molecule has 0 saturated carbocycles. The minimum atomic E-state index is 0.551. The zero-order valence-corrected chi connectivity index (χ0v) is 11.2. The molecule has 4 heteroatoms. The summed E-state index contributed by atoms with van der Waals surface area (Å²) in [5.41, 5.74) is 1.13. The lowest BCUT2D eigenvalue weighted by Gasteiger charge is -1.99. The van der Waals surface area contributed by atoms with Gasteiger partial charge in [0.25, 0.3) is 0 Å². The van der Waals surface area contributed by atoms with Crippen molar-refractivity contribution in [3.63, 3.8) is 0 Å². The average Bonchev–Trinajstić information content (AvgIpc) is 2.48. The second kappa shape index (κ2) is 3.96. The standard InChI is InChI=1S/C9H6ClIS2/c10-3-5-1-6-7(11)4-13-9(6)8(12)2-5/h1-2,4,12H,3H2. The Morgan fingerprint density at radius 3 is 2.92 bits per heavy atom. The van der Waals surface area contributed by atoms with Crippen LogP contribution in [0.1, 0.15) is 5.56 Å². The first-order valence-electron chi connectivity index (χ1n) is 3.67. The topological polar surface area (TPSA) is 0 Å². The minimum Gasteiger partial charge on any atom is -0.142 e. The van der Waals surface area contributed by atoms with Gasteiger partial charge in [0.15, 0.2) is 0 Å². The van der Waals surface area contributed by atoms with Gasteiger partial charge in [-0.3, -0.25) is 0 Å². The molecule has 2 rings (SSSR count). The molecule has 0 nitrogen and oxygen atoms in total. The fraction of sp³-hybridized carbons (Fsp3) is 0.111. The average molecular weight is 341 g/mol. The number of halogens is 2. The summed E-state index contributed by atoms with van der Waals surface area (Å²) in [5.74, 6) is 0.551. The summed E-state index contributed by atoms with van der Waals surface area (Å²) in [6, 6.07) is 4.17. The third kappa shape index (κ3) is 1.84. The van der Waals surface area contributed by atoms with E-state index in [1.54, 1.807) is 11.3 Å². The summed E-state index contributed by atoms with van der Waals surface area (Å²) < 4.78 is 2.53. The van der Waals surface area contributed by atoms with Crippen LogP contribution >= 0.6 is 58.2 Å². The van der Waals surface area contributed by atoms with Crippen LogP contribution in [-0.4, -0.2) is 0 Å². The van der Waals surface area contributed by atoms with Crippen molar-refractivity contribution in [1.29, 1.82) is 0 Å². The van der Waals surface area contributed by atoms with E-state index in [2.05, 4.69) is 46.7 Å². The normalized spacial score (nSPS) is 11.0. The Kier molecular flexibility index (Phi) is 3.07. The molecule has 0 aliphatic rings. The van der Waals surface area contributed by atoms with Crippen LogP contribution in [0.25, 0.3) is 10.1 Å². The number of thiol groups is 1. The maximum atomic E-state index is 5.79. The maximum absolute atomic E-state index is 5.79. The Morgan fingerprint density at radius 2 is 2.23 bits per heavy atom. The highest BCUT2D eigenvalue weighted by Gasteiger charge is 2.05. The second-order valence-corrected chi connectivity index (χ2v) is 5.50. The third-order valence-electron chi connectivity index (χ3n) is 1.82. The van der Waals surface area contributed by atoms with Crippen LogP contribution < -0.4 is 0 Å². The highest BCUT2D eigenvalue weighted by atomic mass is 127. The molecule has 0 spiro atoms. The van der Waals surface area contributed by atoms with Gasteiger partial charge >= 0.3 is 0 Å². The van der Waals surface area contributed by atoms with Gasteiger partial charge in [-0.15, -0.1) is 35.6 Å². The second-order valence-electron chi connectivity index (χ2n) is 2.71. The van der Waals surface area contributed by atoms with Crippen molar-refractivity contribution in [2.24, 2.45) is 0 Å². The molecule has 0 saturated heterocycles. The number of hydrogen-bond donors (Lipinski definition) is 1. The van der Waals surface area contributed by atoms with E-state index in [0.29, 0.717) is 5.88 Å². The lowest BCUT2D eigenvalue weighted by atomic mass is 10.2. The first-order chi connectivity index (χ1) is 6.22. The Hall–Kier alpha value is 0.550. The van der Waals surface area contributed by atoms with Crippen molar-refractivity contribution in [2.75, 3.05) is 0 Å². The summed E-state index contributed by atoms with van der Waals surface area (Å²) in [7, 11) is 0. The molecule has 13 heavy (non-hydrogen) atoms. The summed E-state index contributed by atoms with van der Waals surface area (Å²) in [6.07, 6.45) is 0. The predicted octanol–water partition coefficient (Wildman–Crippen LogP) is 4.53. The largest absolute Gasteiger partial charge is 0.142 e. The molecule has 0 fully saturated rings. The molecule has 1 aromatic carbocycles. The maximum Gasteiger partial charge on any atom is 0.0487 e. The van der Waals surface area contributed by atoms with Crippen LogP contribution in [0.3, 0.4) is 0 Å². The van der Waals surface area contributed by atoms with Gasteiger partial charge in [-0.05, 0) is 40.3 Å². The Bertz CT molecular complexity index is 450. The van der Waals surface area contributed by atoms with Crippen LogP contribution in [0.5, 0.6) is 0 Å². The van der Waals surface area contributed by atoms with Crippen molar-refractivity contribution in [3.05, 3.63) is 26.6 Å². The number of benzene rings is 1. The van der Waals surface area contributed by atoms with Crippen molar-refractivity contribution in [3.8, 4) is 0 Å². The quantitative estimate of drug-likeness (QED) is 0.440. The van der Waals surface area contributed by atoms with E-state index in [9.17, 15) is 0 Å². The SMILES string of the molecule is Sc1cc(CCl)cc2c(I)csc12. The van der Waals surface area contributed by atoms with Crippen molar-refractivity contribution >= 4 is 68.2 Å². The van der Waals surface area contributed by atoms with Gasteiger partial charge in [-0.25, -0.2) is 0 Å². The Balaban J connectivity index is 2.80.